The van der Waals surface area contributed by atoms with Crippen molar-refractivity contribution >= 4 is 5.91 Å². The monoisotopic (exact) mass is 367 g/mol. The molecule has 1 unspecified atom stereocenters. The van der Waals surface area contributed by atoms with Crippen molar-refractivity contribution in [2.45, 2.75) is 50.5 Å². The van der Waals surface area contributed by atoms with Crippen LogP contribution >= 0.6 is 0 Å². The van der Waals surface area contributed by atoms with Gasteiger partial charge in [0.05, 0.1) is 5.41 Å². The van der Waals surface area contributed by atoms with Crippen LogP contribution in [0.4, 0.5) is 0 Å². The molecule has 0 radical (unpaired) electrons. The summed E-state index contributed by atoms with van der Waals surface area (Å²) in [6.07, 6.45) is 0.961. The van der Waals surface area contributed by atoms with E-state index in [-0.39, 0.29) is 24.5 Å². The second-order valence-corrected chi connectivity index (χ2v) is 8.40. The van der Waals surface area contributed by atoms with Crippen molar-refractivity contribution in [2.24, 2.45) is 0 Å². The van der Waals surface area contributed by atoms with E-state index in [2.05, 4.69) is 50.4 Å². The SMILES string of the molecule is CC(C)(C)c1ccc(C2(C(=O)NCC(O)COc3ccccc3)CC2)cc1. The van der Waals surface area contributed by atoms with Gasteiger partial charge in [-0.25, -0.2) is 0 Å². The molecule has 0 spiro atoms. The topological polar surface area (TPSA) is 58.6 Å². The molecule has 27 heavy (non-hydrogen) atoms. The predicted octanol–water partition coefficient (Wildman–Crippen LogP) is 3.57. The first-order valence-corrected chi connectivity index (χ1v) is 9.56. The highest BCUT2D eigenvalue weighted by molar-refractivity contribution is 5.91. The Hall–Kier alpha value is -2.33. The molecule has 1 fully saturated rings. The summed E-state index contributed by atoms with van der Waals surface area (Å²) in [5.74, 6) is 0.699. The zero-order chi connectivity index (χ0) is 19.5. The van der Waals surface area contributed by atoms with Crippen LogP contribution in [0.25, 0.3) is 0 Å². The number of carbonyl (C=O) groups is 1. The van der Waals surface area contributed by atoms with Gasteiger partial charge in [0.1, 0.15) is 18.5 Å². The van der Waals surface area contributed by atoms with Crippen molar-refractivity contribution in [3.63, 3.8) is 0 Å². The van der Waals surface area contributed by atoms with Gasteiger partial charge in [-0.1, -0.05) is 63.2 Å². The number of ether oxygens (including phenoxy) is 1. The van der Waals surface area contributed by atoms with Crippen LogP contribution in [-0.2, 0) is 15.6 Å². The Kier molecular flexibility index (Phi) is 5.56. The normalized spacial score (nSPS) is 16.4. The van der Waals surface area contributed by atoms with Gasteiger partial charge in [-0.2, -0.15) is 0 Å². The second-order valence-electron chi connectivity index (χ2n) is 8.40. The Morgan fingerprint density at radius 2 is 1.74 bits per heavy atom. The van der Waals surface area contributed by atoms with E-state index < -0.39 is 11.5 Å². The number of hydrogen-bond donors (Lipinski definition) is 2. The lowest BCUT2D eigenvalue weighted by molar-refractivity contribution is -0.124. The number of hydrogen-bond acceptors (Lipinski definition) is 3. The average molecular weight is 367 g/mol. The van der Waals surface area contributed by atoms with E-state index in [1.807, 2.05) is 30.3 Å². The molecular weight excluding hydrogens is 338 g/mol. The van der Waals surface area contributed by atoms with Crippen molar-refractivity contribution in [3.05, 3.63) is 65.7 Å². The lowest BCUT2D eigenvalue weighted by Crippen LogP contribution is -2.40. The Morgan fingerprint density at radius 3 is 2.30 bits per heavy atom. The molecule has 1 saturated carbocycles. The Balaban J connectivity index is 1.53. The minimum absolute atomic E-state index is 0.00947. The van der Waals surface area contributed by atoms with Crippen LogP contribution in [0.1, 0.15) is 44.7 Å². The van der Waals surface area contributed by atoms with Crippen molar-refractivity contribution in [3.8, 4) is 5.75 Å². The molecule has 1 amide bonds. The van der Waals surface area contributed by atoms with Gasteiger partial charge in [0.2, 0.25) is 5.91 Å². The van der Waals surface area contributed by atoms with Gasteiger partial charge < -0.3 is 15.2 Å². The molecule has 1 aliphatic carbocycles. The van der Waals surface area contributed by atoms with Gasteiger partial charge in [-0.15, -0.1) is 0 Å². The fourth-order valence-corrected chi connectivity index (χ4v) is 3.21. The molecule has 0 saturated heterocycles. The largest absolute Gasteiger partial charge is 0.491 e. The second kappa shape index (κ2) is 7.73. The zero-order valence-electron chi connectivity index (χ0n) is 16.4. The summed E-state index contributed by atoms with van der Waals surface area (Å²) in [5.41, 5.74) is 1.98. The quantitative estimate of drug-likeness (QED) is 0.786. The summed E-state index contributed by atoms with van der Waals surface area (Å²) in [6, 6.07) is 17.7. The first kappa shape index (κ1) is 19.4. The van der Waals surface area contributed by atoms with E-state index in [1.165, 1.54) is 5.56 Å². The molecule has 0 aromatic heterocycles. The van der Waals surface area contributed by atoms with Crippen LogP contribution in [0.15, 0.2) is 54.6 Å². The molecule has 2 aromatic rings. The number of benzene rings is 2. The number of rotatable bonds is 7. The minimum atomic E-state index is -0.742. The van der Waals surface area contributed by atoms with E-state index in [0.717, 1.165) is 18.4 Å². The molecule has 0 bridgehead atoms. The highest BCUT2D eigenvalue weighted by Gasteiger charge is 2.51. The van der Waals surface area contributed by atoms with Gasteiger partial charge in [0.25, 0.3) is 0 Å². The lowest BCUT2D eigenvalue weighted by Gasteiger charge is -2.21. The van der Waals surface area contributed by atoms with E-state index in [9.17, 15) is 9.90 Å². The fourth-order valence-electron chi connectivity index (χ4n) is 3.21. The van der Waals surface area contributed by atoms with Crippen molar-refractivity contribution in [2.75, 3.05) is 13.2 Å². The summed E-state index contributed by atoms with van der Waals surface area (Å²) >= 11 is 0. The first-order chi connectivity index (χ1) is 12.8. The smallest absolute Gasteiger partial charge is 0.230 e. The summed E-state index contributed by atoms with van der Waals surface area (Å²) in [5, 5.41) is 13.0. The highest BCUT2D eigenvalue weighted by Crippen LogP contribution is 2.48. The number of aliphatic hydroxyl groups is 1. The summed E-state index contributed by atoms with van der Waals surface area (Å²) < 4.78 is 5.53. The average Bonchev–Trinajstić information content (AvgIpc) is 3.47. The number of carbonyl (C=O) groups excluding carboxylic acids is 1. The molecule has 0 heterocycles. The molecular formula is C23H29NO3. The number of amides is 1. The molecule has 2 aromatic carbocycles. The van der Waals surface area contributed by atoms with Crippen LogP contribution < -0.4 is 10.1 Å². The standard InChI is InChI=1S/C23H29NO3/c1-22(2,3)17-9-11-18(12-10-17)23(13-14-23)21(26)24-15-19(25)16-27-20-7-5-4-6-8-20/h4-12,19,25H,13-16H2,1-3H3,(H,24,26). The zero-order valence-corrected chi connectivity index (χ0v) is 16.4. The molecule has 1 atom stereocenters. The maximum absolute atomic E-state index is 12.7. The summed E-state index contributed by atoms with van der Waals surface area (Å²) in [7, 11) is 0. The molecule has 3 rings (SSSR count). The fraction of sp³-hybridized carbons (Fsp3) is 0.435. The number of nitrogens with one attached hydrogen (secondary N) is 1. The Morgan fingerprint density at radius 1 is 1.11 bits per heavy atom. The van der Waals surface area contributed by atoms with Gasteiger partial charge in [-0.05, 0) is 41.5 Å². The third-order valence-electron chi connectivity index (χ3n) is 5.17. The van der Waals surface area contributed by atoms with Crippen molar-refractivity contribution in [1.82, 2.24) is 5.32 Å². The van der Waals surface area contributed by atoms with Crippen LogP contribution in [0.5, 0.6) is 5.75 Å². The third-order valence-corrected chi connectivity index (χ3v) is 5.17. The van der Waals surface area contributed by atoms with Gasteiger partial charge in [-0.3, -0.25) is 4.79 Å². The highest BCUT2D eigenvalue weighted by atomic mass is 16.5. The number of para-hydroxylation sites is 1. The maximum atomic E-state index is 12.7. The Bertz CT molecular complexity index is 758. The minimum Gasteiger partial charge on any atom is -0.491 e. The predicted molar refractivity (Wildman–Crippen MR) is 107 cm³/mol. The maximum Gasteiger partial charge on any atom is 0.230 e. The van der Waals surface area contributed by atoms with Crippen LogP contribution in [0.2, 0.25) is 0 Å². The van der Waals surface area contributed by atoms with Gasteiger partial charge >= 0.3 is 0 Å². The molecule has 144 valence electrons. The molecule has 2 N–H and O–H groups in total. The molecule has 0 aliphatic heterocycles. The summed E-state index contributed by atoms with van der Waals surface area (Å²) in [4.78, 5) is 12.7. The Labute approximate surface area is 161 Å². The van der Waals surface area contributed by atoms with E-state index in [1.54, 1.807) is 0 Å². The first-order valence-electron chi connectivity index (χ1n) is 9.56. The van der Waals surface area contributed by atoms with Crippen LogP contribution in [-0.4, -0.2) is 30.3 Å². The van der Waals surface area contributed by atoms with Gasteiger partial charge in [0, 0.05) is 6.54 Å². The van der Waals surface area contributed by atoms with Crippen molar-refractivity contribution in [1.29, 1.82) is 0 Å². The van der Waals surface area contributed by atoms with Gasteiger partial charge in [0.15, 0.2) is 0 Å². The summed E-state index contributed by atoms with van der Waals surface area (Å²) in [6.45, 7) is 6.88. The van der Waals surface area contributed by atoms with E-state index in [4.69, 9.17) is 4.74 Å². The van der Waals surface area contributed by atoms with Crippen LogP contribution in [0, 0.1) is 0 Å². The lowest BCUT2D eigenvalue weighted by atomic mass is 9.85. The molecule has 4 heteroatoms. The number of aliphatic hydroxyl groups excluding tert-OH is 1. The van der Waals surface area contributed by atoms with E-state index in [0.29, 0.717) is 5.75 Å². The van der Waals surface area contributed by atoms with E-state index >= 15 is 0 Å². The van der Waals surface area contributed by atoms with Crippen molar-refractivity contribution < 1.29 is 14.6 Å². The third kappa shape index (κ3) is 4.69. The molecule has 1 aliphatic rings. The molecule has 4 nitrogen and oxygen atoms in total. The van der Waals surface area contributed by atoms with Crippen LogP contribution in [0.3, 0.4) is 0 Å².